The van der Waals surface area contributed by atoms with Gasteiger partial charge in [0.1, 0.15) is 11.8 Å². The second-order valence-electron chi connectivity index (χ2n) is 13.8. The number of benzene rings is 3. The van der Waals surface area contributed by atoms with Gasteiger partial charge in [0.25, 0.3) is 17.7 Å². The summed E-state index contributed by atoms with van der Waals surface area (Å²) >= 11 is 0. The van der Waals surface area contributed by atoms with Crippen molar-refractivity contribution in [1.29, 1.82) is 0 Å². The number of aromatic nitrogens is 3. The molecule has 5 heterocycles. The fraction of sp³-hybridized carbons (Fsp3) is 0.275. The Bertz CT molecular complexity index is 2320. The number of nitrogens with one attached hydrogen (secondary N) is 3. The molecule has 3 aromatic carbocycles. The van der Waals surface area contributed by atoms with E-state index >= 15 is 0 Å². The van der Waals surface area contributed by atoms with Gasteiger partial charge in [-0.2, -0.15) is 0 Å². The third kappa shape index (κ3) is 7.33. The Hall–Kier alpha value is -6.61. The van der Waals surface area contributed by atoms with E-state index in [-0.39, 0.29) is 42.2 Å². The maximum Gasteiger partial charge on any atom is 0.262 e. The summed E-state index contributed by atoms with van der Waals surface area (Å²) in [5.41, 5.74) is 6.27. The van der Waals surface area contributed by atoms with Crippen LogP contribution in [0.4, 0.5) is 17.2 Å². The topological polar surface area (TPSA) is 171 Å². The fourth-order valence-electron chi connectivity index (χ4n) is 7.24. The zero-order valence-corrected chi connectivity index (χ0v) is 30.2. The number of nitrogens with zero attached hydrogens (tertiary/aromatic N) is 6. The Kier molecular flexibility index (Phi) is 9.68. The predicted octanol–water partition coefficient (Wildman–Crippen LogP) is 3.17. The number of fused-ring (bicyclic) bond motifs is 2. The van der Waals surface area contributed by atoms with Crippen molar-refractivity contribution in [3.63, 3.8) is 0 Å². The number of carbonyl (C=O) groups excluding carboxylic acids is 5. The van der Waals surface area contributed by atoms with Gasteiger partial charge in [-0.1, -0.05) is 23.8 Å². The monoisotopic (exact) mass is 741 g/mol. The van der Waals surface area contributed by atoms with E-state index in [1.54, 1.807) is 6.20 Å². The van der Waals surface area contributed by atoms with Crippen LogP contribution in [-0.2, 0) is 14.4 Å². The molecule has 5 aromatic rings. The molecule has 3 aliphatic rings. The SMILES string of the molecule is Cc1cccc(-c2cnc(Nc3ccc(N4CCN(CCNC(=O)COc5ccc6c(c5)C(=O)N(C5CCC(=O)NC5=O)C6=O)CC4)cc3)c3nccn23)c1. The lowest BCUT2D eigenvalue weighted by atomic mass is 10.0. The summed E-state index contributed by atoms with van der Waals surface area (Å²) in [4.78, 5) is 77.2. The van der Waals surface area contributed by atoms with E-state index < -0.39 is 29.7 Å². The van der Waals surface area contributed by atoms with Crippen molar-refractivity contribution in [2.45, 2.75) is 25.8 Å². The Balaban J connectivity index is 0.774. The molecule has 0 aliphatic carbocycles. The Morgan fingerprint density at radius 2 is 1.73 bits per heavy atom. The average molecular weight is 742 g/mol. The van der Waals surface area contributed by atoms with Crippen molar-refractivity contribution >= 4 is 52.4 Å². The van der Waals surface area contributed by atoms with Crippen LogP contribution in [0.1, 0.15) is 39.1 Å². The van der Waals surface area contributed by atoms with Crippen LogP contribution in [0.3, 0.4) is 0 Å². The molecule has 8 rings (SSSR count). The first-order chi connectivity index (χ1) is 26.7. The first-order valence-corrected chi connectivity index (χ1v) is 18.2. The van der Waals surface area contributed by atoms with Crippen LogP contribution in [0.2, 0.25) is 0 Å². The number of anilines is 3. The lowest BCUT2D eigenvalue weighted by molar-refractivity contribution is -0.136. The quantitative estimate of drug-likeness (QED) is 0.170. The first kappa shape index (κ1) is 35.4. The van der Waals surface area contributed by atoms with Gasteiger partial charge in [-0.15, -0.1) is 0 Å². The highest BCUT2D eigenvalue weighted by molar-refractivity contribution is 6.23. The summed E-state index contributed by atoms with van der Waals surface area (Å²) in [5, 5.41) is 8.48. The first-order valence-electron chi connectivity index (χ1n) is 18.2. The van der Waals surface area contributed by atoms with E-state index in [9.17, 15) is 24.0 Å². The Morgan fingerprint density at radius 3 is 2.51 bits per heavy atom. The summed E-state index contributed by atoms with van der Waals surface area (Å²) in [6, 6.07) is 19.9. The van der Waals surface area contributed by atoms with E-state index in [2.05, 4.69) is 68.0 Å². The molecule has 0 bridgehead atoms. The van der Waals surface area contributed by atoms with Gasteiger partial charge in [0.2, 0.25) is 11.8 Å². The van der Waals surface area contributed by atoms with Crippen LogP contribution in [0, 0.1) is 6.92 Å². The zero-order valence-electron chi connectivity index (χ0n) is 30.2. The second kappa shape index (κ2) is 15.0. The third-order valence-corrected chi connectivity index (χ3v) is 10.1. The van der Waals surface area contributed by atoms with Crippen LogP contribution >= 0.6 is 0 Å². The van der Waals surface area contributed by atoms with Gasteiger partial charge in [0.15, 0.2) is 18.1 Å². The van der Waals surface area contributed by atoms with Crippen molar-refractivity contribution in [3.05, 3.63) is 102 Å². The third-order valence-electron chi connectivity index (χ3n) is 10.1. The molecule has 0 radical (unpaired) electrons. The number of amides is 5. The molecule has 2 fully saturated rings. The van der Waals surface area contributed by atoms with E-state index in [4.69, 9.17) is 9.72 Å². The molecule has 3 N–H and O–H groups in total. The zero-order chi connectivity index (χ0) is 38.1. The summed E-state index contributed by atoms with van der Waals surface area (Å²) < 4.78 is 7.67. The second-order valence-corrected chi connectivity index (χ2v) is 13.8. The number of carbonyl (C=O) groups is 5. The summed E-state index contributed by atoms with van der Waals surface area (Å²) in [7, 11) is 0. The van der Waals surface area contributed by atoms with Crippen LogP contribution < -0.4 is 25.6 Å². The number of hydrogen-bond acceptors (Lipinski definition) is 11. The Morgan fingerprint density at radius 1 is 0.927 bits per heavy atom. The van der Waals surface area contributed by atoms with Crippen molar-refractivity contribution in [1.82, 2.24) is 34.8 Å². The number of piperidine rings is 1. The molecule has 55 heavy (non-hydrogen) atoms. The lowest BCUT2D eigenvalue weighted by Gasteiger charge is -2.36. The number of rotatable bonds is 11. The molecule has 2 aromatic heterocycles. The minimum absolute atomic E-state index is 0.0401. The van der Waals surface area contributed by atoms with Gasteiger partial charge < -0.3 is 20.3 Å². The highest BCUT2D eigenvalue weighted by atomic mass is 16.5. The normalized spacial score (nSPS) is 17.4. The molecular formula is C40H39N9O6. The molecule has 0 saturated carbocycles. The maximum absolute atomic E-state index is 13.1. The Labute approximate surface area is 316 Å². The molecular weight excluding hydrogens is 702 g/mol. The minimum Gasteiger partial charge on any atom is -0.484 e. The van der Waals surface area contributed by atoms with E-state index in [0.29, 0.717) is 18.9 Å². The maximum atomic E-state index is 13.1. The highest BCUT2D eigenvalue weighted by Crippen LogP contribution is 2.31. The van der Waals surface area contributed by atoms with Crippen LogP contribution in [0.5, 0.6) is 5.75 Å². The van der Waals surface area contributed by atoms with Crippen LogP contribution in [0.15, 0.2) is 85.3 Å². The van der Waals surface area contributed by atoms with Gasteiger partial charge in [0, 0.05) is 75.0 Å². The molecule has 3 aliphatic heterocycles. The van der Waals surface area contributed by atoms with Crippen LogP contribution in [-0.4, -0.2) is 106 Å². The molecule has 2 saturated heterocycles. The fourth-order valence-corrected chi connectivity index (χ4v) is 7.24. The van der Waals surface area contributed by atoms with E-state index in [0.717, 1.165) is 59.4 Å². The van der Waals surface area contributed by atoms with E-state index in [1.807, 2.05) is 35.0 Å². The molecule has 0 spiro atoms. The lowest BCUT2D eigenvalue weighted by Crippen LogP contribution is -2.54. The molecule has 15 heteroatoms. The van der Waals surface area contributed by atoms with Crippen molar-refractivity contribution < 1.29 is 28.7 Å². The van der Waals surface area contributed by atoms with Gasteiger partial charge in [-0.3, -0.25) is 43.5 Å². The number of imide groups is 2. The number of ether oxygens (including phenoxy) is 1. The number of piperazine rings is 1. The van der Waals surface area contributed by atoms with Crippen molar-refractivity contribution in [3.8, 4) is 17.0 Å². The molecule has 1 atom stereocenters. The number of aryl methyl sites for hydroxylation is 1. The minimum atomic E-state index is -1.05. The smallest absolute Gasteiger partial charge is 0.262 e. The number of imidazole rings is 1. The highest BCUT2D eigenvalue weighted by Gasteiger charge is 2.44. The standard InChI is InChI=1S/C40H39N9O6/c1-25-3-2-4-26(21-25)33-23-43-36(37-42-14-16-48(33)37)44-27-5-7-28(8-6-27)47-19-17-46(18-20-47)15-13-41-35(51)24-55-29-9-10-30-31(22-29)40(54)49(39(30)53)32-11-12-34(50)45-38(32)52/h2-10,14,16,21-23,32H,11-13,15,17-20,24H2,1H3,(H,41,51)(H,43,44)(H,45,50,52). The molecule has 280 valence electrons. The molecule has 5 amide bonds. The predicted molar refractivity (Wildman–Crippen MR) is 203 cm³/mol. The molecule has 1 unspecified atom stereocenters. The number of hydrogen-bond donors (Lipinski definition) is 3. The van der Waals surface area contributed by atoms with Crippen molar-refractivity contribution in [2.75, 3.05) is 56.1 Å². The van der Waals surface area contributed by atoms with Gasteiger partial charge in [-0.25, -0.2) is 9.97 Å². The summed E-state index contributed by atoms with van der Waals surface area (Å²) in [5.74, 6) is -1.73. The van der Waals surface area contributed by atoms with Gasteiger partial charge >= 0.3 is 0 Å². The van der Waals surface area contributed by atoms with Gasteiger partial charge in [-0.05, 0) is 61.9 Å². The summed E-state index contributed by atoms with van der Waals surface area (Å²) in [6.45, 7) is 6.33. The average Bonchev–Trinajstić information content (AvgIpc) is 3.78. The van der Waals surface area contributed by atoms with Crippen molar-refractivity contribution in [2.24, 2.45) is 0 Å². The van der Waals surface area contributed by atoms with Crippen LogP contribution in [0.25, 0.3) is 16.9 Å². The largest absolute Gasteiger partial charge is 0.484 e. The molecule has 15 nitrogen and oxygen atoms in total. The summed E-state index contributed by atoms with van der Waals surface area (Å²) in [6.07, 6.45) is 5.70. The van der Waals surface area contributed by atoms with E-state index in [1.165, 1.54) is 23.8 Å². The van der Waals surface area contributed by atoms with Gasteiger partial charge in [0.05, 0.1) is 23.0 Å².